The number of carbonyl (C=O) groups excluding carboxylic acids is 2. The zero-order valence-corrected chi connectivity index (χ0v) is 10.5. The van der Waals surface area contributed by atoms with E-state index in [2.05, 4.69) is 0 Å². The van der Waals surface area contributed by atoms with Crippen molar-refractivity contribution in [2.24, 2.45) is 0 Å². The van der Waals surface area contributed by atoms with Crippen LogP contribution < -0.4 is 10.2 Å². The molecule has 0 aliphatic carbocycles. The third-order valence-electron chi connectivity index (χ3n) is 2.85. The molecule has 0 saturated carbocycles. The molecule has 0 fully saturated rings. The Morgan fingerprint density at radius 3 is 1.95 bits per heavy atom. The highest BCUT2D eigenvalue weighted by Gasteiger charge is 2.15. The zero-order chi connectivity index (χ0) is 15.6. The molecule has 106 valence electrons. The Balaban J connectivity index is 2.47. The number of carboxylic acid groups (broad SMARTS) is 2. The first-order valence-electron chi connectivity index (χ1n) is 5.80. The lowest BCUT2D eigenvalue weighted by Gasteiger charge is -2.10. The van der Waals surface area contributed by atoms with Gasteiger partial charge in [0.1, 0.15) is 0 Å². The Kier molecular flexibility index (Phi) is 3.71. The summed E-state index contributed by atoms with van der Waals surface area (Å²) in [6, 6.07) is 8.23. The molecular formula is C15H8O6-2. The molecule has 2 rings (SSSR count). The predicted molar refractivity (Wildman–Crippen MR) is 67.1 cm³/mol. The van der Waals surface area contributed by atoms with Crippen molar-refractivity contribution in [1.29, 1.82) is 0 Å². The molecule has 0 saturated heterocycles. The van der Waals surface area contributed by atoms with Crippen LogP contribution in [0.1, 0.15) is 36.6 Å². The monoisotopic (exact) mass is 284 g/mol. The lowest BCUT2D eigenvalue weighted by Crippen LogP contribution is -2.25. The van der Waals surface area contributed by atoms with E-state index in [4.69, 9.17) is 5.11 Å². The molecule has 0 unspecified atom stereocenters. The smallest absolute Gasteiger partial charge is 0.336 e. The molecule has 2 aromatic rings. The van der Waals surface area contributed by atoms with Crippen LogP contribution >= 0.6 is 0 Å². The Morgan fingerprint density at radius 1 is 0.857 bits per heavy atom. The highest BCUT2D eigenvalue weighted by molar-refractivity contribution is 6.11. The minimum Gasteiger partial charge on any atom is -0.872 e. The molecule has 0 bridgehead atoms. The fourth-order valence-corrected chi connectivity index (χ4v) is 1.81. The van der Waals surface area contributed by atoms with Crippen molar-refractivity contribution in [3.05, 3.63) is 64.7 Å². The molecule has 0 atom stereocenters. The normalized spacial score (nSPS) is 10.1. The molecule has 6 heteroatoms. The van der Waals surface area contributed by atoms with Crippen LogP contribution in [-0.4, -0.2) is 22.8 Å². The van der Waals surface area contributed by atoms with Crippen LogP contribution in [0.4, 0.5) is 0 Å². The number of carbonyl (C=O) groups is 3. The van der Waals surface area contributed by atoms with E-state index < -0.39 is 28.8 Å². The second kappa shape index (κ2) is 5.46. The second-order valence-electron chi connectivity index (χ2n) is 4.21. The van der Waals surface area contributed by atoms with Crippen molar-refractivity contribution in [3.63, 3.8) is 0 Å². The van der Waals surface area contributed by atoms with Crippen molar-refractivity contribution < 1.29 is 29.7 Å². The van der Waals surface area contributed by atoms with E-state index in [1.165, 1.54) is 30.3 Å². The molecule has 21 heavy (non-hydrogen) atoms. The Morgan fingerprint density at radius 2 is 1.43 bits per heavy atom. The van der Waals surface area contributed by atoms with Crippen LogP contribution in [0.2, 0.25) is 0 Å². The summed E-state index contributed by atoms with van der Waals surface area (Å²) in [7, 11) is 0. The van der Waals surface area contributed by atoms with E-state index in [0.29, 0.717) is 0 Å². The summed E-state index contributed by atoms with van der Waals surface area (Å²) >= 11 is 0. The van der Waals surface area contributed by atoms with Crippen LogP contribution in [0.3, 0.4) is 0 Å². The van der Waals surface area contributed by atoms with Crippen LogP contribution in [0.15, 0.2) is 42.5 Å². The molecule has 0 heterocycles. The van der Waals surface area contributed by atoms with Crippen LogP contribution in [0.5, 0.6) is 5.75 Å². The highest BCUT2D eigenvalue weighted by Crippen LogP contribution is 2.17. The van der Waals surface area contributed by atoms with Gasteiger partial charge in [-0.25, -0.2) is 4.79 Å². The molecule has 0 radical (unpaired) electrons. The van der Waals surface area contributed by atoms with E-state index in [0.717, 1.165) is 12.1 Å². The fourth-order valence-electron chi connectivity index (χ4n) is 1.81. The van der Waals surface area contributed by atoms with Gasteiger partial charge in [-0.3, -0.25) is 4.79 Å². The van der Waals surface area contributed by atoms with Crippen LogP contribution in [-0.2, 0) is 0 Å². The third kappa shape index (κ3) is 2.89. The van der Waals surface area contributed by atoms with E-state index in [-0.39, 0.29) is 16.9 Å². The average Bonchev–Trinajstić information content (AvgIpc) is 2.46. The predicted octanol–water partition coefficient (Wildman–Crippen LogP) is 0.0529. The Hall–Kier alpha value is -3.15. The van der Waals surface area contributed by atoms with E-state index >= 15 is 0 Å². The lowest BCUT2D eigenvalue weighted by molar-refractivity contribution is -0.268. The van der Waals surface area contributed by atoms with Crippen LogP contribution in [0.25, 0.3) is 0 Å². The summed E-state index contributed by atoms with van der Waals surface area (Å²) in [5.41, 5.74) is -0.838. The summed E-state index contributed by atoms with van der Waals surface area (Å²) in [6.07, 6.45) is 0. The first-order chi connectivity index (χ1) is 9.90. The largest absolute Gasteiger partial charge is 0.872 e. The number of hydrogen-bond donors (Lipinski definition) is 1. The summed E-state index contributed by atoms with van der Waals surface area (Å²) in [5.74, 6) is -3.89. The molecule has 2 aromatic carbocycles. The Bertz CT molecular complexity index is 730. The van der Waals surface area contributed by atoms with Crippen molar-refractivity contribution >= 4 is 17.7 Å². The second-order valence-corrected chi connectivity index (χ2v) is 4.21. The third-order valence-corrected chi connectivity index (χ3v) is 2.85. The topological polar surface area (TPSA) is 118 Å². The van der Waals surface area contributed by atoms with Gasteiger partial charge in [0.15, 0.2) is 5.78 Å². The van der Waals surface area contributed by atoms with Crippen molar-refractivity contribution in [2.45, 2.75) is 0 Å². The minimum atomic E-state index is -1.68. The quantitative estimate of drug-likeness (QED) is 0.793. The van der Waals surface area contributed by atoms with Gasteiger partial charge in [0.05, 0.1) is 11.5 Å². The maximum atomic E-state index is 12.2. The van der Waals surface area contributed by atoms with Gasteiger partial charge in [-0.1, -0.05) is 30.3 Å². The SMILES string of the molecule is O=C(c1ccc([O-])cc1)c1ccc(C(=O)O)c(C(=O)[O-])c1. The number of benzene rings is 2. The molecule has 0 aliphatic rings. The molecule has 6 nitrogen and oxygen atoms in total. The number of aromatic carboxylic acids is 2. The standard InChI is InChI=1S/C15H10O6/c16-10-4-1-8(2-5-10)13(17)9-3-6-11(14(18)19)12(7-9)15(20)21/h1-7,16H,(H,18,19)(H,20,21)/p-2. The summed E-state index contributed by atoms with van der Waals surface area (Å²) < 4.78 is 0. The maximum absolute atomic E-state index is 12.2. The number of rotatable bonds is 4. The van der Waals surface area contributed by atoms with E-state index in [1.807, 2.05) is 0 Å². The van der Waals surface area contributed by atoms with Crippen molar-refractivity contribution in [1.82, 2.24) is 0 Å². The number of ketones is 1. The molecule has 0 aliphatic heterocycles. The van der Waals surface area contributed by atoms with Crippen molar-refractivity contribution in [2.75, 3.05) is 0 Å². The van der Waals surface area contributed by atoms with Gasteiger partial charge in [-0.05, 0) is 12.1 Å². The van der Waals surface area contributed by atoms with Gasteiger partial charge in [0.2, 0.25) is 0 Å². The summed E-state index contributed by atoms with van der Waals surface area (Å²) in [4.78, 5) is 34.0. The Labute approximate surface area is 118 Å². The first-order valence-corrected chi connectivity index (χ1v) is 5.80. The lowest BCUT2D eigenvalue weighted by atomic mass is 9.98. The highest BCUT2D eigenvalue weighted by atomic mass is 16.4. The van der Waals surface area contributed by atoms with Crippen LogP contribution in [0, 0.1) is 0 Å². The van der Waals surface area contributed by atoms with Gasteiger partial charge in [-0.15, -0.1) is 5.75 Å². The molecule has 0 spiro atoms. The maximum Gasteiger partial charge on any atom is 0.336 e. The molecule has 0 aromatic heterocycles. The number of hydrogen-bond acceptors (Lipinski definition) is 5. The van der Waals surface area contributed by atoms with Gasteiger partial charge < -0.3 is 20.1 Å². The first kappa shape index (κ1) is 14.3. The summed E-state index contributed by atoms with van der Waals surface area (Å²) in [6.45, 7) is 0. The van der Waals surface area contributed by atoms with E-state index in [1.54, 1.807) is 0 Å². The van der Waals surface area contributed by atoms with Gasteiger partial charge in [-0.2, -0.15) is 0 Å². The van der Waals surface area contributed by atoms with Gasteiger partial charge >= 0.3 is 5.97 Å². The minimum absolute atomic E-state index is 0.00199. The van der Waals surface area contributed by atoms with Gasteiger partial charge in [0, 0.05) is 16.7 Å². The van der Waals surface area contributed by atoms with Crippen molar-refractivity contribution in [3.8, 4) is 5.75 Å². The average molecular weight is 284 g/mol. The van der Waals surface area contributed by atoms with E-state index in [9.17, 15) is 24.6 Å². The molecule has 0 amide bonds. The fraction of sp³-hybridized carbons (Fsp3) is 0. The molecular weight excluding hydrogens is 276 g/mol. The number of carboxylic acids is 2. The van der Waals surface area contributed by atoms with Gasteiger partial charge in [0.25, 0.3) is 0 Å². The zero-order valence-electron chi connectivity index (χ0n) is 10.5. The molecule has 1 N–H and O–H groups in total. The summed E-state index contributed by atoms with van der Waals surface area (Å²) in [5, 5.41) is 30.8.